The summed E-state index contributed by atoms with van der Waals surface area (Å²) in [6.45, 7) is 1.90. The van der Waals surface area contributed by atoms with Crippen LogP contribution in [-0.4, -0.2) is 34.2 Å². The normalized spacial score (nSPS) is 11.0. The van der Waals surface area contributed by atoms with E-state index in [4.69, 9.17) is 0 Å². The van der Waals surface area contributed by atoms with E-state index in [0.717, 1.165) is 34.2 Å². The lowest BCUT2D eigenvalue weighted by Gasteiger charge is -2.08. The van der Waals surface area contributed by atoms with Crippen molar-refractivity contribution in [2.45, 2.75) is 6.92 Å². The highest BCUT2D eigenvalue weighted by atomic mass is 19.1. The van der Waals surface area contributed by atoms with Crippen LogP contribution in [0.15, 0.2) is 78.2 Å². The minimum Gasteiger partial charge on any atom is -0.462 e. The van der Waals surface area contributed by atoms with Crippen LogP contribution in [0.25, 0.3) is 28.0 Å². The molecule has 0 aliphatic carbocycles. The molecule has 9 heteroatoms. The Morgan fingerprint density at radius 1 is 1.09 bits per heavy atom. The second kappa shape index (κ2) is 9.73. The standard InChI is InChI=1S/C24H20FN5O3/c1-2-33-23(31)15-27-29-24(32)28-20-5-3-4-18(12-20)21-14-26-22-13-17(10-11-30(21)22)16-6-8-19(25)9-7-16/h3-15H,2H2,1H3,(H2,28,29,32)/b27-15+. The fourth-order valence-corrected chi connectivity index (χ4v) is 3.25. The molecule has 2 N–H and O–H groups in total. The summed E-state index contributed by atoms with van der Waals surface area (Å²) in [6, 6.07) is 16.8. The summed E-state index contributed by atoms with van der Waals surface area (Å²) in [5.41, 5.74) is 6.97. The average molecular weight is 445 g/mol. The van der Waals surface area contributed by atoms with E-state index in [9.17, 15) is 14.0 Å². The van der Waals surface area contributed by atoms with Gasteiger partial charge in [-0.1, -0.05) is 24.3 Å². The summed E-state index contributed by atoms with van der Waals surface area (Å²) in [6.07, 6.45) is 4.53. The minimum atomic E-state index is -0.644. The number of fused-ring (bicyclic) bond motifs is 1. The number of rotatable bonds is 6. The van der Waals surface area contributed by atoms with Crippen molar-refractivity contribution < 1.29 is 18.7 Å². The number of pyridine rings is 1. The van der Waals surface area contributed by atoms with E-state index in [2.05, 4.69) is 25.6 Å². The first-order valence-electron chi connectivity index (χ1n) is 10.1. The van der Waals surface area contributed by atoms with Crippen LogP contribution in [-0.2, 0) is 9.53 Å². The lowest BCUT2D eigenvalue weighted by Crippen LogP contribution is -2.25. The van der Waals surface area contributed by atoms with Gasteiger partial charge in [0.15, 0.2) is 0 Å². The second-order valence-corrected chi connectivity index (χ2v) is 6.95. The Morgan fingerprint density at radius 3 is 2.70 bits per heavy atom. The second-order valence-electron chi connectivity index (χ2n) is 6.95. The van der Waals surface area contributed by atoms with Crippen LogP contribution in [0.4, 0.5) is 14.9 Å². The average Bonchev–Trinajstić information content (AvgIpc) is 3.23. The van der Waals surface area contributed by atoms with Crippen molar-refractivity contribution >= 4 is 29.5 Å². The highest BCUT2D eigenvalue weighted by Crippen LogP contribution is 2.27. The van der Waals surface area contributed by atoms with Crippen molar-refractivity contribution in [1.29, 1.82) is 0 Å². The van der Waals surface area contributed by atoms with Gasteiger partial charge in [-0.15, -0.1) is 0 Å². The van der Waals surface area contributed by atoms with Crippen LogP contribution in [0.2, 0.25) is 0 Å². The summed E-state index contributed by atoms with van der Waals surface area (Å²) in [7, 11) is 0. The van der Waals surface area contributed by atoms with Crippen molar-refractivity contribution in [3.05, 3.63) is 78.9 Å². The molecule has 0 saturated heterocycles. The third-order valence-corrected chi connectivity index (χ3v) is 4.73. The van der Waals surface area contributed by atoms with Gasteiger partial charge in [-0.05, 0) is 54.4 Å². The monoisotopic (exact) mass is 445 g/mol. The smallest absolute Gasteiger partial charge is 0.351 e. The topological polar surface area (TPSA) is 97.1 Å². The lowest BCUT2D eigenvalue weighted by atomic mass is 10.1. The number of benzene rings is 2. The number of halogens is 1. The number of ether oxygens (including phenoxy) is 1. The van der Waals surface area contributed by atoms with Gasteiger partial charge in [0.2, 0.25) is 0 Å². The molecular weight excluding hydrogens is 425 g/mol. The number of nitrogens with zero attached hydrogens (tertiary/aromatic N) is 3. The number of hydrazone groups is 1. The number of urea groups is 1. The number of aromatic nitrogens is 2. The predicted octanol–water partition coefficient (Wildman–Crippen LogP) is 4.48. The molecular formula is C24H20FN5O3. The highest BCUT2D eigenvalue weighted by molar-refractivity contribution is 6.23. The summed E-state index contributed by atoms with van der Waals surface area (Å²) >= 11 is 0. The molecule has 2 aromatic heterocycles. The van der Waals surface area contributed by atoms with Gasteiger partial charge in [0.05, 0.1) is 18.5 Å². The van der Waals surface area contributed by atoms with E-state index in [1.165, 1.54) is 12.1 Å². The molecule has 0 atom stereocenters. The van der Waals surface area contributed by atoms with Crippen molar-refractivity contribution in [3.63, 3.8) is 0 Å². The Balaban J connectivity index is 1.51. The molecule has 0 aliphatic heterocycles. The van der Waals surface area contributed by atoms with Gasteiger partial charge in [-0.2, -0.15) is 5.10 Å². The van der Waals surface area contributed by atoms with E-state index < -0.39 is 12.0 Å². The number of anilines is 1. The Hall–Kier alpha value is -4.53. The molecule has 4 aromatic rings. The molecule has 0 saturated carbocycles. The number of carbonyl (C=O) groups excluding carboxylic acids is 2. The quantitative estimate of drug-likeness (QED) is 0.260. The van der Waals surface area contributed by atoms with E-state index >= 15 is 0 Å². The molecule has 2 heterocycles. The third-order valence-electron chi connectivity index (χ3n) is 4.73. The van der Waals surface area contributed by atoms with Gasteiger partial charge in [0, 0.05) is 17.4 Å². The predicted molar refractivity (Wildman–Crippen MR) is 123 cm³/mol. The minimum absolute atomic E-state index is 0.223. The molecule has 0 unspecified atom stereocenters. The van der Waals surface area contributed by atoms with Gasteiger partial charge >= 0.3 is 12.0 Å². The van der Waals surface area contributed by atoms with E-state index in [1.807, 2.05) is 28.8 Å². The van der Waals surface area contributed by atoms with Crippen molar-refractivity contribution in [3.8, 4) is 22.4 Å². The number of amides is 2. The molecule has 166 valence electrons. The molecule has 2 amide bonds. The van der Waals surface area contributed by atoms with Crippen LogP contribution in [0.3, 0.4) is 0 Å². The molecule has 33 heavy (non-hydrogen) atoms. The molecule has 4 rings (SSSR count). The van der Waals surface area contributed by atoms with Crippen LogP contribution in [0.5, 0.6) is 0 Å². The van der Waals surface area contributed by atoms with Crippen LogP contribution in [0.1, 0.15) is 6.92 Å². The number of hydrogen-bond acceptors (Lipinski definition) is 5. The molecule has 8 nitrogen and oxygen atoms in total. The van der Waals surface area contributed by atoms with Gasteiger partial charge < -0.3 is 10.1 Å². The van der Waals surface area contributed by atoms with E-state index in [-0.39, 0.29) is 12.4 Å². The van der Waals surface area contributed by atoms with E-state index in [1.54, 1.807) is 43.5 Å². The summed E-state index contributed by atoms with van der Waals surface area (Å²) in [5.74, 6) is -0.925. The summed E-state index contributed by atoms with van der Waals surface area (Å²) in [5, 5.41) is 6.20. The maximum Gasteiger partial charge on any atom is 0.351 e. The molecule has 0 radical (unpaired) electrons. The summed E-state index contributed by atoms with van der Waals surface area (Å²) in [4.78, 5) is 27.7. The van der Waals surface area contributed by atoms with Crippen molar-refractivity contribution in [1.82, 2.24) is 14.8 Å². The molecule has 2 aromatic carbocycles. The lowest BCUT2D eigenvalue weighted by molar-refractivity contribution is -0.134. The first kappa shape index (κ1) is 21.7. The SMILES string of the molecule is CCOC(=O)/C=N/NC(=O)Nc1cccc(-c2cnc3cc(-c4ccc(F)cc4)ccn23)c1. The zero-order valence-corrected chi connectivity index (χ0v) is 17.7. The fourth-order valence-electron chi connectivity index (χ4n) is 3.25. The maximum absolute atomic E-state index is 13.2. The van der Waals surface area contributed by atoms with Crippen LogP contribution >= 0.6 is 0 Å². The Morgan fingerprint density at radius 2 is 1.91 bits per heavy atom. The number of carbonyl (C=O) groups is 2. The number of nitrogens with one attached hydrogen (secondary N) is 2. The zero-order chi connectivity index (χ0) is 23.2. The molecule has 0 spiro atoms. The molecule has 0 bridgehead atoms. The summed E-state index contributed by atoms with van der Waals surface area (Å²) < 4.78 is 19.8. The number of esters is 1. The maximum atomic E-state index is 13.2. The Labute approximate surface area is 188 Å². The third kappa shape index (κ3) is 5.21. The first-order valence-corrected chi connectivity index (χ1v) is 10.1. The highest BCUT2D eigenvalue weighted by Gasteiger charge is 2.09. The van der Waals surface area contributed by atoms with Gasteiger partial charge in [-0.25, -0.2) is 24.4 Å². The van der Waals surface area contributed by atoms with Crippen LogP contribution in [0, 0.1) is 5.82 Å². The van der Waals surface area contributed by atoms with Crippen molar-refractivity contribution in [2.24, 2.45) is 5.10 Å². The molecule has 0 fully saturated rings. The first-order chi connectivity index (χ1) is 16.0. The fraction of sp³-hybridized carbons (Fsp3) is 0.0833. The molecule has 0 aliphatic rings. The van der Waals surface area contributed by atoms with Gasteiger partial charge in [0.25, 0.3) is 0 Å². The Bertz CT molecular complexity index is 1330. The Kier molecular flexibility index (Phi) is 6.40. The number of imidazole rings is 1. The largest absolute Gasteiger partial charge is 0.462 e. The zero-order valence-electron chi connectivity index (χ0n) is 17.7. The van der Waals surface area contributed by atoms with Gasteiger partial charge in [-0.3, -0.25) is 4.40 Å². The van der Waals surface area contributed by atoms with Crippen molar-refractivity contribution in [2.75, 3.05) is 11.9 Å². The van der Waals surface area contributed by atoms with Gasteiger partial charge in [0.1, 0.15) is 17.7 Å². The van der Waals surface area contributed by atoms with Crippen LogP contribution < -0.4 is 10.7 Å². The number of hydrogen-bond donors (Lipinski definition) is 2. The van der Waals surface area contributed by atoms with E-state index in [0.29, 0.717) is 5.69 Å².